The molecule has 4 heteroatoms. The summed E-state index contributed by atoms with van der Waals surface area (Å²) in [6, 6.07) is 9.55. The Hall–Kier alpha value is -1.39. The maximum Gasteiger partial charge on any atom is 0.319 e. The first-order chi connectivity index (χ1) is 11.0. The van der Waals surface area contributed by atoms with Gasteiger partial charge in [-0.15, -0.1) is 0 Å². The van der Waals surface area contributed by atoms with E-state index in [9.17, 15) is 9.90 Å². The summed E-state index contributed by atoms with van der Waals surface area (Å²) in [6.07, 6.45) is 2.81. The third kappa shape index (κ3) is 2.90. The van der Waals surface area contributed by atoms with E-state index >= 15 is 0 Å². The number of piperidine rings is 3. The number of fused-ring (bicyclic) bond motifs is 3. The van der Waals surface area contributed by atoms with Crippen LogP contribution in [0.4, 0.5) is 0 Å². The Balaban J connectivity index is 1.80. The summed E-state index contributed by atoms with van der Waals surface area (Å²) in [5.74, 6) is 0.224. The molecule has 0 aliphatic carbocycles. The molecular formula is C19H28NO3+. The third-order valence-corrected chi connectivity index (χ3v) is 6.07. The van der Waals surface area contributed by atoms with Gasteiger partial charge in [-0.2, -0.15) is 0 Å². The maximum absolute atomic E-state index is 13.0. The minimum Gasteiger partial charge on any atom is -0.455 e. The second kappa shape index (κ2) is 6.25. The van der Waals surface area contributed by atoms with E-state index in [1.165, 1.54) is 13.1 Å². The van der Waals surface area contributed by atoms with Crippen molar-refractivity contribution in [3.05, 3.63) is 35.9 Å². The highest BCUT2D eigenvalue weighted by atomic mass is 16.5. The van der Waals surface area contributed by atoms with Crippen molar-refractivity contribution in [1.29, 1.82) is 0 Å². The number of hydrogen-bond donors (Lipinski definition) is 1. The van der Waals surface area contributed by atoms with E-state index in [1.807, 2.05) is 37.3 Å². The summed E-state index contributed by atoms with van der Waals surface area (Å²) in [4.78, 5) is 13.0. The van der Waals surface area contributed by atoms with Crippen LogP contribution in [-0.2, 0) is 14.9 Å². The zero-order chi connectivity index (χ0) is 16.5. The Labute approximate surface area is 138 Å². The number of likely N-dealkylation sites (N-methyl/N-ethyl adjacent to an activating group) is 1. The van der Waals surface area contributed by atoms with Gasteiger partial charge < -0.3 is 14.3 Å². The largest absolute Gasteiger partial charge is 0.455 e. The quantitative estimate of drug-likeness (QED) is 0.668. The lowest BCUT2D eigenvalue weighted by Crippen LogP contribution is -2.62. The molecule has 3 fully saturated rings. The van der Waals surface area contributed by atoms with Gasteiger partial charge in [0.15, 0.2) is 6.10 Å². The van der Waals surface area contributed by atoms with E-state index in [4.69, 9.17) is 4.74 Å². The highest BCUT2D eigenvalue weighted by Gasteiger charge is 2.48. The summed E-state index contributed by atoms with van der Waals surface area (Å²) in [5.41, 5.74) is -0.0945. The second-order valence-corrected chi connectivity index (χ2v) is 7.49. The first-order valence-electron chi connectivity index (χ1n) is 8.74. The molecule has 0 radical (unpaired) electrons. The fourth-order valence-corrected chi connectivity index (χ4v) is 4.22. The van der Waals surface area contributed by atoms with E-state index in [-0.39, 0.29) is 18.7 Å². The zero-order valence-electron chi connectivity index (χ0n) is 14.2. The molecule has 0 amide bonds. The lowest BCUT2D eigenvalue weighted by Gasteiger charge is -2.50. The van der Waals surface area contributed by atoms with Crippen LogP contribution >= 0.6 is 0 Å². The Kier molecular flexibility index (Phi) is 4.47. The number of rotatable bonds is 5. The average Bonchev–Trinajstić information content (AvgIpc) is 2.57. The molecule has 2 bridgehead atoms. The van der Waals surface area contributed by atoms with Gasteiger partial charge >= 0.3 is 5.97 Å². The van der Waals surface area contributed by atoms with Crippen molar-refractivity contribution < 1.29 is 19.1 Å². The molecule has 0 saturated carbocycles. The van der Waals surface area contributed by atoms with Crippen molar-refractivity contribution in [1.82, 2.24) is 0 Å². The van der Waals surface area contributed by atoms with Crippen LogP contribution < -0.4 is 0 Å². The highest BCUT2D eigenvalue weighted by molar-refractivity contribution is 5.83. The number of benzene rings is 1. The van der Waals surface area contributed by atoms with Crippen molar-refractivity contribution in [3.63, 3.8) is 0 Å². The Morgan fingerprint density at radius 2 is 1.96 bits per heavy atom. The molecule has 126 valence electrons. The molecule has 0 aromatic heterocycles. The third-order valence-electron chi connectivity index (χ3n) is 6.07. The monoisotopic (exact) mass is 318 g/mol. The van der Waals surface area contributed by atoms with Crippen molar-refractivity contribution in [2.75, 3.05) is 33.3 Å². The predicted molar refractivity (Wildman–Crippen MR) is 88.9 cm³/mol. The van der Waals surface area contributed by atoms with Crippen LogP contribution in [0.1, 0.15) is 31.7 Å². The molecule has 3 heterocycles. The number of quaternary nitrogens is 1. The van der Waals surface area contributed by atoms with Gasteiger partial charge in [-0.05, 0) is 12.0 Å². The number of carbonyl (C=O) groups is 1. The smallest absolute Gasteiger partial charge is 0.319 e. The lowest BCUT2D eigenvalue weighted by molar-refractivity contribution is -0.928. The Bertz CT molecular complexity index is 545. The normalized spacial score (nSPS) is 32.3. The van der Waals surface area contributed by atoms with E-state index in [1.54, 1.807) is 0 Å². The van der Waals surface area contributed by atoms with E-state index in [0.717, 1.165) is 29.4 Å². The molecule has 23 heavy (non-hydrogen) atoms. The van der Waals surface area contributed by atoms with Gasteiger partial charge in [0, 0.05) is 18.8 Å². The highest BCUT2D eigenvalue weighted by Crippen LogP contribution is 2.36. The van der Waals surface area contributed by atoms with Crippen LogP contribution in [0.5, 0.6) is 0 Å². The number of ether oxygens (including phenoxy) is 1. The van der Waals surface area contributed by atoms with Crippen molar-refractivity contribution in [2.24, 2.45) is 5.92 Å². The van der Waals surface area contributed by atoms with Gasteiger partial charge in [-0.25, -0.2) is 0 Å². The topological polar surface area (TPSA) is 46.5 Å². The second-order valence-electron chi connectivity index (χ2n) is 7.49. The number of esters is 1. The molecular weight excluding hydrogens is 290 g/mol. The summed E-state index contributed by atoms with van der Waals surface area (Å²) < 4.78 is 6.99. The fourth-order valence-electron chi connectivity index (χ4n) is 4.22. The minimum atomic E-state index is -0.939. The predicted octanol–water partition coefficient (Wildman–Crippen LogP) is 2.11. The van der Waals surface area contributed by atoms with Crippen LogP contribution in [0.25, 0.3) is 0 Å². The Morgan fingerprint density at radius 1 is 1.30 bits per heavy atom. The number of nitrogens with zero attached hydrogens (tertiary/aromatic N) is 1. The molecule has 3 aliphatic rings. The summed E-state index contributed by atoms with van der Waals surface area (Å²) in [5, 5.41) is 10.0. The molecule has 0 unspecified atom stereocenters. The number of carbonyl (C=O) groups excluding carboxylic acids is 1. The van der Waals surface area contributed by atoms with Crippen molar-refractivity contribution >= 4 is 5.97 Å². The number of aliphatic hydroxyl groups excluding tert-OH is 1. The van der Waals surface area contributed by atoms with Gasteiger partial charge in [-0.1, -0.05) is 37.3 Å². The van der Waals surface area contributed by atoms with Gasteiger partial charge in [0.1, 0.15) is 12.0 Å². The van der Waals surface area contributed by atoms with Gasteiger partial charge in [-0.3, -0.25) is 4.79 Å². The molecule has 3 aliphatic heterocycles. The molecule has 4 nitrogen and oxygen atoms in total. The van der Waals surface area contributed by atoms with Gasteiger partial charge in [0.2, 0.25) is 0 Å². The van der Waals surface area contributed by atoms with E-state index in [2.05, 4.69) is 7.05 Å². The number of hydrogen-bond acceptors (Lipinski definition) is 3. The van der Waals surface area contributed by atoms with Crippen LogP contribution in [0, 0.1) is 5.92 Å². The summed E-state index contributed by atoms with van der Waals surface area (Å²) in [7, 11) is 2.26. The molecule has 3 saturated heterocycles. The van der Waals surface area contributed by atoms with Crippen LogP contribution in [0.3, 0.4) is 0 Å². The first kappa shape index (κ1) is 16.5. The molecule has 2 atom stereocenters. The molecule has 1 aromatic rings. The van der Waals surface area contributed by atoms with Crippen LogP contribution in [-0.4, -0.2) is 55.0 Å². The maximum atomic E-state index is 13.0. The fraction of sp³-hybridized carbons (Fsp3) is 0.632. The SMILES string of the molecule is CC[C@](CO)(C(=O)O[C@@H]1C[N+]2(C)CCC1CC2)c1ccccc1. The summed E-state index contributed by atoms with van der Waals surface area (Å²) >= 11 is 0. The van der Waals surface area contributed by atoms with Gasteiger partial charge in [0.05, 0.1) is 26.7 Å². The van der Waals surface area contributed by atoms with Crippen LogP contribution in [0.15, 0.2) is 30.3 Å². The molecule has 4 rings (SSSR count). The standard InChI is InChI=1S/C19H28NO3/c1-3-19(14-21,16-7-5-4-6-8-16)18(22)23-17-13-20(2)11-9-15(17)10-12-20/h4-8,15,17,21H,3,9-14H2,1-2H3/q+1/t15?,17-,19-,20?/m1/s1. The van der Waals surface area contributed by atoms with Crippen molar-refractivity contribution in [3.8, 4) is 0 Å². The van der Waals surface area contributed by atoms with Gasteiger partial charge in [0.25, 0.3) is 0 Å². The Morgan fingerprint density at radius 3 is 2.48 bits per heavy atom. The average molecular weight is 318 g/mol. The molecule has 1 aromatic carbocycles. The summed E-state index contributed by atoms with van der Waals surface area (Å²) in [6.45, 7) is 5.02. The molecule has 0 spiro atoms. The minimum absolute atomic E-state index is 0.00353. The van der Waals surface area contributed by atoms with E-state index < -0.39 is 5.41 Å². The number of aliphatic hydroxyl groups is 1. The van der Waals surface area contributed by atoms with Crippen LogP contribution in [0.2, 0.25) is 0 Å². The lowest BCUT2D eigenvalue weighted by atomic mass is 9.78. The van der Waals surface area contributed by atoms with E-state index in [0.29, 0.717) is 12.3 Å². The molecule has 1 N–H and O–H groups in total. The first-order valence-corrected chi connectivity index (χ1v) is 8.74. The van der Waals surface area contributed by atoms with Crippen molar-refractivity contribution in [2.45, 2.75) is 37.7 Å². The zero-order valence-corrected chi connectivity index (χ0v) is 14.2.